The molecule has 184 valence electrons. The van der Waals surface area contributed by atoms with Crippen LogP contribution in [0.4, 0.5) is 4.79 Å². The predicted molar refractivity (Wildman–Crippen MR) is 134 cm³/mol. The zero-order valence-electron chi connectivity index (χ0n) is 20.9. The molecule has 5 nitrogen and oxygen atoms in total. The molecule has 0 saturated heterocycles. The molecular formula is C27H47NO4. The van der Waals surface area contributed by atoms with Crippen molar-refractivity contribution in [3.8, 4) is 0 Å². The molecule has 0 bridgehead atoms. The van der Waals surface area contributed by atoms with Crippen LogP contribution in [0, 0.1) is 0 Å². The molecule has 0 spiro atoms. The highest BCUT2D eigenvalue weighted by atomic mass is 16.6. The maximum absolute atomic E-state index is 12.0. The zero-order chi connectivity index (χ0) is 24.1. The van der Waals surface area contributed by atoms with Crippen LogP contribution in [-0.2, 0) is 9.53 Å². The highest BCUT2D eigenvalue weighted by Crippen LogP contribution is 2.14. The van der Waals surface area contributed by atoms with Crippen LogP contribution in [0.3, 0.4) is 0 Å². The average Bonchev–Trinajstić information content (AvgIpc) is 2.70. The maximum Gasteiger partial charge on any atom is 0.407 e. The highest BCUT2D eigenvalue weighted by Gasteiger charge is 2.19. The number of carbonyl (C=O) groups is 2. The van der Waals surface area contributed by atoms with Crippen LogP contribution in [0.5, 0.6) is 0 Å². The summed E-state index contributed by atoms with van der Waals surface area (Å²) in [5.74, 6) is -0.838. The van der Waals surface area contributed by atoms with Crippen molar-refractivity contribution in [2.45, 2.75) is 123 Å². The number of ether oxygens (including phenoxy) is 1. The van der Waals surface area contributed by atoms with Crippen molar-refractivity contribution >= 4 is 12.1 Å². The minimum absolute atomic E-state index is 0.0552. The number of hydrogen-bond acceptors (Lipinski definition) is 3. The number of carbonyl (C=O) groups excluding carboxylic acids is 1. The van der Waals surface area contributed by atoms with Gasteiger partial charge in [-0.15, -0.1) is 0 Å². The Bertz CT molecular complexity index is 573. The smallest absolute Gasteiger partial charge is 0.407 e. The Morgan fingerprint density at radius 1 is 0.844 bits per heavy atom. The largest absolute Gasteiger partial charge is 0.481 e. The molecule has 0 radical (unpaired) electrons. The number of aliphatic carboxylic acids is 1. The molecule has 1 atom stereocenters. The Hall–Kier alpha value is -2.04. The molecule has 0 fully saturated rings. The molecule has 2 N–H and O–H groups in total. The molecule has 0 aliphatic carbocycles. The summed E-state index contributed by atoms with van der Waals surface area (Å²) in [6.07, 6.45) is 25.4. The van der Waals surface area contributed by atoms with Crippen molar-refractivity contribution in [3.63, 3.8) is 0 Å². The second kappa shape index (κ2) is 19.6. The highest BCUT2D eigenvalue weighted by molar-refractivity contribution is 5.69. The standard InChI is InChI=1S/C27H47NO4/c1-5-6-7-8-9-10-11-12-13-14-15-16-17-18-19-20-21-24(22-23-25(29)30)28-26(31)32-27(2,3)4/h6-7,9-10,12-13,24H,5,8,11,14-23H2,1-4H3,(H,28,31)(H,29,30). The molecule has 0 aliphatic heterocycles. The van der Waals surface area contributed by atoms with Crippen LogP contribution < -0.4 is 5.32 Å². The van der Waals surface area contributed by atoms with Gasteiger partial charge in [-0.25, -0.2) is 4.79 Å². The first kappa shape index (κ1) is 30.0. The van der Waals surface area contributed by atoms with Crippen LogP contribution in [0.2, 0.25) is 0 Å². The Morgan fingerprint density at radius 3 is 2.00 bits per heavy atom. The van der Waals surface area contributed by atoms with E-state index < -0.39 is 17.7 Å². The van der Waals surface area contributed by atoms with E-state index in [0.29, 0.717) is 6.42 Å². The van der Waals surface area contributed by atoms with Gasteiger partial charge in [0, 0.05) is 12.5 Å². The molecule has 0 aromatic heterocycles. The third kappa shape index (κ3) is 22.6. The number of rotatable bonds is 18. The molecule has 0 rings (SSSR count). The fourth-order valence-corrected chi connectivity index (χ4v) is 3.25. The molecule has 0 saturated carbocycles. The lowest BCUT2D eigenvalue weighted by molar-refractivity contribution is -0.137. The first-order valence-corrected chi connectivity index (χ1v) is 12.4. The quantitative estimate of drug-likeness (QED) is 0.166. The predicted octanol–water partition coefficient (Wildman–Crippen LogP) is 7.72. The lowest BCUT2D eigenvalue weighted by Crippen LogP contribution is -2.39. The zero-order valence-corrected chi connectivity index (χ0v) is 20.9. The fourth-order valence-electron chi connectivity index (χ4n) is 3.25. The topological polar surface area (TPSA) is 75.6 Å². The van der Waals surface area contributed by atoms with Gasteiger partial charge in [-0.3, -0.25) is 4.79 Å². The molecule has 5 heteroatoms. The summed E-state index contributed by atoms with van der Waals surface area (Å²) >= 11 is 0. The van der Waals surface area contributed by atoms with Gasteiger partial charge in [0.2, 0.25) is 0 Å². The van der Waals surface area contributed by atoms with Crippen molar-refractivity contribution in [1.29, 1.82) is 0 Å². The summed E-state index contributed by atoms with van der Waals surface area (Å²) in [7, 11) is 0. The summed E-state index contributed by atoms with van der Waals surface area (Å²) < 4.78 is 5.30. The number of alkyl carbamates (subject to hydrolysis) is 1. The average molecular weight is 450 g/mol. The van der Waals surface area contributed by atoms with Gasteiger partial charge in [0.15, 0.2) is 0 Å². The summed E-state index contributed by atoms with van der Waals surface area (Å²) in [5, 5.41) is 11.8. The molecule has 32 heavy (non-hydrogen) atoms. The number of allylic oxidation sites excluding steroid dienone is 6. The maximum atomic E-state index is 12.0. The molecule has 0 aromatic rings. The number of nitrogens with one attached hydrogen (secondary N) is 1. The molecule has 1 unspecified atom stereocenters. The second-order valence-corrected chi connectivity index (χ2v) is 9.27. The minimum Gasteiger partial charge on any atom is -0.481 e. The van der Waals surface area contributed by atoms with Crippen LogP contribution in [0.25, 0.3) is 0 Å². The van der Waals surface area contributed by atoms with E-state index >= 15 is 0 Å². The number of carboxylic acids is 1. The van der Waals surface area contributed by atoms with Gasteiger partial charge in [-0.2, -0.15) is 0 Å². The minimum atomic E-state index is -0.838. The number of carboxylic acid groups (broad SMARTS) is 1. The summed E-state index contributed by atoms with van der Waals surface area (Å²) in [6.45, 7) is 7.60. The number of unbranched alkanes of at least 4 members (excludes halogenated alkanes) is 6. The number of hydrogen-bond donors (Lipinski definition) is 2. The van der Waals surface area contributed by atoms with E-state index in [-0.39, 0.29) is 12.5 Å². The second-order valence-electron chi connectivity index (χ2n) is 9.27. The van der Waals surface area contributed by atoms with E-state index in [1.807, 2.05) is 20.8 Å². The van der Waals surface area contributed by atoms with Crippen molar-refractivity contribution in [1.82, 2.24) is 5.32 Å². The number of amides is 1. The van der Waals surface area contributed by atoms with Gasteiger partial charge in [-0.1, -0.05) is 75.5 Å². The van der Waals surface area contributed by atoms with Gasteiger partial charge >= 0.3 is 12.1 Å². The summed E-state index contributed by atoms with van der Waals surface area (Å²) in [6, 6.07) is -0.150. The van der Waals surface area contributed by atoms with Gasteiger partial charge in [0.25, 0.3) is 0 Å². The van der Waals surface area contributed by atoms with E-state index in [1.165, 1.54) is 25.7 Å². The van der Waals surface area contributed by atoms with E-state index in [2.05, 4.69) is 48.7 Å². The van der Waals surface area contributed by atoms with Crippen LogP contribution in [-0.4, -0.2) is 28.8 Å². The Morgan fingerprint density at radius 2 is 1.41 bits per heavy atom. The van der Waals surface area contributed by atoms with Crippen molar-refractivity contribution in [2.24, 2.45) is 0 Å². The molecule has 0 heterocycles. The van der Waals surface area contributed by atoms with Gasteiger partial charge in [-0.05, 0) is 65.7 Å². The summed E-state index contributed by atoms with van der Waals surface area (Å²) in [4.78, 5) is 22.9. The van der Waals surface area contributed by atoms with Crippen molar-refractivity contribution < 1.29 is 19.4 Å². The Labute approximate surface area is 196 Å². The lowest BCUT2D eigenvalue weighted by Gasteiger charge is -2.23. The molecule has 0 aromatic carbocycles. The Balaban J connectivity index is 3.85. The van der Waals surface area contributed by atoms with E-state index in [4.69, 9.17) is 9.84 Å². The molecule has 1 amide bonds. The van der Waals surface area contributed by atoms with Gasteiger partial charge in [0.05, 0.1) is 0 Å². The molecular weight excluding hydrogens is 402 g/mol. The van der Waals surface area contributed by atoms with Crippen LogP contribution >= 0.6 is 0 Å². The van der Waals surface area contributed by atoms with Crippen molar-refractivity contribution in [3.05, 3.63) is 36.5 Å². The SMILES string of the molecule is CCC=CCC=CCC=CCCCCCCCCC(CCC(=O)O)NC(=O)OC(C)(C)C. The first-order chi connectivity index (χ1) is 15.2. The van der Waals surface area contributed by atoms with Crippen LogP contribution in [0.15, 0.2) is 36.5 Å². The normalized spacial score (nSPS) is 13.2. The third-order valence-corrected chi connectivity index (χ3v) is 4.88. The lowest BCUT2D eigenvalue weighted by atomic mass is 10.0. The summed E-state index contributed by atoms with van der Waals surface area (Å²) in [5.41, 5.74) is -0.556. The van der Waals surface area contributed by atoms with Crippen LogP contribution in [0.1, 0.15) is 111 Å². The van der Waals surface area contributed by atoms with Gasteiger partial charge < -0.3 is 15.2 Å². The van der Waals surface area contributed by atoms with Gasteiger partial charge in [0.1, 0.15) is 5.60 Å². The monoisotopic (exact) mass is 449 g/mol. The Kier molecular flexibility index (Phi) is 18.4. The van der Waals surface area contributed by atoms with E-state index in [9.17, 15) is 9.59 Å². The van der Waals surface area contributed by atoms with E-state index in [0.717, 1.165) is 44.9 Å². The molecule has 0 aliphatic rings. The third-order valence-electron chi connectivity index (χ3n) is 4.88. The van der Waals surface area contributed by atoms with E-state index in [1.54, 1.807) is 0 Å². The van der Waals surface area contributed by atoms with Crippen molar-refractivity contribution in [2.75, 3.05) is 0 Å². The first-order valence-electron chi connectivity index (χ1n) is 12.4. The fraction of sp³-hybridized carbons (Fsp3) is 0.704.